The molecule has 5 nitrogen and oxygen atoms in total. The molecule has 0 saturated carbocycles. The van der Waals surface area contributed by atoms with Crippen LogP contribution in [0.5, 0.6) is 0 Å². The fourth-order valence-corrected chi connectivity index (χ4v) is 3.50. The van der Waals surface area contributed by atoms with Crippen molar-refractivity contribution < 1.29 is 8.42 Å². The second-order valence-electron chi connectivity index (χ2n) is 3.99. The number of rotatable bonds is 6. The first-order valence-electron chi connectivity index (χ1n) is 5.86. The summed E-state index contributed by atoms with van der Waals surface area (Å²) in [5, 5.41) is 0. The van der Waals surface area contributed by atoms with Crippen molar-refractivity contribution >= 4 is 32.8 Å². The fraction of sp³-hybridized carbons (Fsp3) is 0.455. The van der Waals surface area contributed by atoms with Crippen molar-refractivity contribution in [3.8, 4) is 0 Å². The van der Waals surface area contributed by atoms with Gasteiger partial charge in [0.05, 0.1) is 11.7 Å². The van der Waals surface area contributed by atoms with Gasteiger partial charge >= 0.3 is 0 Å². The number of nitrogens with zero attached hydrogens (tertiary/aromatic N) is 2. The SMILES string of the molecule is CCCCCNS(=O)(=O)c1cccc2nsnc12. The third kappa shape index (κ3) is 2.85. The van der Waals surface area contributed by atoms with Gasteiger partial charge < -0.3 is 0 Å². The molecule has 0 saturated heterocycles. The molecule has 2 aromatic rings. The molecule has 7 heteroatoms. The van der Waals surface area contributed by atoms with Crippen LogP contribution in [-0.4, -0.2) is 23.7 Å². The summed E-state index contributed by atoms with van der Waals surface area (Å²) in [6.07, 6.45) is 2.93. The van der Waals surface area contributed by atoms with Crippen molar-refractivity contribution in [1.82, 2.24) is 13.5 Å². The summed E-state index contributed by atoms with van der Waals surface area (Å²) in [5.41, 5.74) is 1.07. The number of hydrogen-bond donors (Lipinski definition) is 1. The highest BCUT2D eigenvalue weighted by Crippen LogP contribution is 2.20. The molecule has 0 amide bonds. The fourth-order valence-electron chi connectivity index (χ4n) is 1.66. The second kappa shape index (κ2) is 5.73. The molecule has 0 bridgehead atoms. The molecule has 1 N–H and O–H groups in total. The van der Waals surface area contributed by atoms with Crippen molar-refractivity contribution in [2.45, 2.75) is 31.1 Å². The summed E-state index contributed by atoms with van der Waals surface area (Å²) >= 11 is 1.02. The van der Waals surface area contributed by atoms with Crippen molar-refractivity contribution in [2.75, 3.05) is 6.54 Å². The zero-order chi connectivity index (χ0) is 13.0. The van der Waals surface area contributed by atoms with Crippen molar-refractivity contribution in [3.05, 3.63) is 18.2 Å². The lowest BCUT2D eigenvalue weighted by molar-refractivity contribution is 0.577. The number of benzene rings is 1. The van der Waals surface area contributed by atoms with E-state index < -0.39 is 10.0 Å². The zero-order valence-corrected chi connectivity index (χ0v) is 11.7. The summed E-state index contributed by atoms with van der Waals surface area (Å²) in [5.74, 6) is 0. The van der Waals surface area contributed by atoms with Crippen molar-refractivity contribution in [1.29, 1.82) is 0 Å². The van der Waals surface area contributed by atoms with E-state index in [1.807, 2.05) is 0 Å². The molecule has 0 radical (unpaired) electrons. The maximum absolute atomic E-state index is 12.1. The number of nitrogens with one attached hydrogen (secondary N) is 1. The van der Waals surface area contributed by atoms with E-state index >= 15 is 0 Å². The molecule has 0 unspecified atom stereocenters. The van der Waals surface area contributed by atoms with E-state index in [4.69, 9.17) is 0 Å². The summed E-state index contributed by atoms with van der Waals surface area (Å²) in [4.78, 5) is 0.213. The molecule has 0 aliphatic rings. The first-order chi connectivity index (χ1) is 8.65. The van der Waals surface area contributed by atoms with Gasteiger partial charge in [-0.2, -0.15) is 8.75 Å². The van der Waals surface area contributed by atoms with Crippen LogP contribution in [0.2, 0.25) is 0 Å². The van der Waals surface area contributed by atoms with E-state index in [-0.39, 0.29) is 4.90 Å². The van der Waals surface area contributed by atoms with Gasteiger partial charge in [0.25, 0.3) is 0 Å². The Morgan fingerprint density at radius 1 is 1.28 bits per heavy atom. The highest BCUT2D eigenvalue weighted by molar-refractivity contribution is 7.89. The van der Waals surface area contributed by atoms with Gasteiger partial charge in [-0.1, -0.05) is 25.8 Å². The Labute approximate surface area is 111 Å². The lowest BCUT2D eigenvalue weighted by atomic mass is 10.3. The van der Waals surface area contributed by atoms with Crippen LogP contribution in [0.15, 0.2) is 23.1 Å². The molecule has 2 rings (SSSR count). The van der Waals surface area contributed by atoms with Gasteiger partial charge in [0, 0.05) is 6.54 Å². The standard InChI is InChI=1S/C11H15N3O2S2/c1-2-3-4-8-12-18(15,16)10-7-5-6-9-11(10)14-17-13-9/h5-7,12H,2-4,8H2,1H3. The predicted octanol–water partition coefficient (Wildman–Crippen LogP) is 2.16. The van der Waals surface area contributed by atoms with E-state index in [0.29, 0.717) is 17.6 Å². The maximum Gasteiger partial charge on any atom is 0.242 e. The molecule has 0 fully saturated rings. The first kappa shape index (κ1) is 13.4. The molecule has 0 atom stereocenters. The first-order valence-corrected chi connectivity index (χ1v) is 8.07. The quantitative estimate of drug-likeness (QED) is 0.826. The molecular formula is C11H15N3O2S2. The molecule has 0 spiro atoms. The summed E-state index contributed by atoms with van der Waals surface area (Å²) in [6.45, 7) is 2.54. The van der Waals surface area contributed by atoms with E-state index in [1.165, 1.54) is 0 Å². The van der Waals surface area contributed by atoms with Gasteiger partial charge in [-0.15, -0.1) is 0 Å². The monoisotopic (exact) mass is 285 g/mol. The van der Waals surface area contributed by atoms with E-state index in [1.54, 1.807) is 18.2 Å². The molecule has 1 heterocycles. The third-order valence-electron chi connectivity index (χ3n) is 2.61. The Bertz CT molecular complexity index is 622. The van der Waals surface area contributed by atoms with E-state index in [0.717, 1.165) is 31.0 Å². The van der Waals surface area contributed by atoms with Crippen LogP contribution in [0.25, 0.3) is 11.0 Å². The average Bonchev–Trinajstić information content (AvgIpc) is 2.82. The predicted molar refractivity (Wildman–Crippen MR) is 72.1 cm³/mol. The zero-order valence-electron chi connectivity index (χ0n) is 10.1. The Balaban J connectivity index is 2.21. The Kier molecular flexibility index (Phi) is 4.26. The lowest BCUT2D eigenvalue weighted by Crippen LogP contribution is -2.25. The lowest BCUT2D eigenvalue weighted by Gasteiger charge is -2.06. The number of sulfonamides is 1. The minimum Gasteiger partial charge on any atom is -0.211 e. The van der Waals surface area contributed by atoms with E-state index in [9.17, 15) is 8.42 Å². The van der Waals surface area contributed by atoms with Crippen LogP contribution in [0.1, 0.15) is 26.2 Å². The van der Waals surface area contributed by atoms with Crippen LogP contribution in [0.3, 0.4) is 0 Å². The molecule has 18 heavy (non-hydrogen) atoms. The molecular weight excluding hydrogens is 270 g/mol. The summed E-state index contributed by atoms with van der Waals surface area (Å²) in [6, 6.07) is 5.01. The van der Waals surface area contributed by atoms with Crippen LogP contribution < -0.4 is 4.72 Å². The van der Waals surface area contributed by atoms with Gasteiger partial charge in [0.1, 0.15) is 15.9 Å². The molecule has 1 aromatic heterocycles. The van der Waals surface area contributed by atoms with Crippen LogP contribution in [0, 0.1) is 0 Å². The highest BCUT2D eigenvalue weighted by atomic mass is 32.2. The minimum atomic E-state index is -3.48. The van der Waals surface area contributed by atoms with Gasteiger partial charge in [-0.05, 0) is 18.6 Å². The maximum atomic E-state index is 12.1. The normalized spacial score (nSPS) is 12.1. The van der Waals surface area contributed by atoms with Crippen LogP contribution in [-0.2, 0) is 10.0 Å². The molecule has 0 aliphatic carbocycles. The number of fused-ring (bicyclic) bond motifs is 1. The molecule has 1 aromatic carbocycles. The van der Waals surface area contributed by atoms with Crippen LogP contribution >= 0.6 is 11.7 Å². The van der Waals surface area contributed by atoms with Gasteiger partial charge in [0.15, 0.2) is 0 Å². The number of hydrogen-bond acceptors (Lipinski definition) is 5. The van der Waals surface area contributed by atoms with Gasteiger partial charge in [-0.25, -0.2) is 13.1 Å². The highest BCUT2D eigenvalue weighted by Gasteiger charge is 2.18. The smallest absolute Gasteiger partial charge is 0.211 e. The van der Waals surface area contributed by atoms with E-state index in [2.05, 4.69) is 20.4 Å². The number of aromatic nitrogens is 2. The average molecular weight is 285 g/mol. The largest absolute Gasteiger partial charge is 0.242 e. The third-order valence-corrected chi connectivity index (χ3v) is 4.65. The Hall–Kier alpha value is -1.05. The topological polar surface area (TPSA) is 72.0 Å². The van der Waals surface area contributed by atoms with Crippen LogP contribution in [0.4, 0.5) is 0 Å². The molecule has 0 aliphatic heterocycles. The minimum absolute atomic E-state index is 0.213. The molecule has 98 valence electrons. The summed E-state index contributed by atoms with van der Waals surface area (Å²) in [7, 11) is -3.48. The van der Waals surface area contributed by atoms with Gasteiger partial charge in [0.2, 0.25) is 10.0 Å². The Morgan fingerprint density at radius 3 is 2.89 bits per heavy atom. The summed E-state index contributed by atoms with van der Waals surface area (Å²) < 4.78 is 34.9. The van der Waals surface area contributed by atoms with Gasteiger partial charge in [-0.3, -0.25) is 0 Å². The number of unbranched alkanes of at least 4 members (excludes halogenated alkanes) is 2. The second-order valence-corrected chi connectivity index (χ2v) is 6.26. The Morgan fingerprint density at radius 2 is 2.11 bits per heavy atom. The van der Waals surface area contributed by atoms with Crippen molar-refractivity contribution in [3.63, 3.8) is 0 Å². The van der Waals surface area contributed by atoms with Crippen molar-refractivity contribution in [2.24, 2.45) is 0 Å².